The third-order valence-electron chi connectivity index (χ3n) is 4.86. The Morgan fingerprint density at radius 2 is 2.07 bits per heavy atom. The molecule has 0 spiro atoms. The molecule has 1 fully saturated rings. The van der Waals surface area contributed by atoms with E-state index in [1.54, 1.807) is 14.2 Å². The average Bonchev–Trinajstić information content (AvgIpc) is 3.17. The van der Waals surface area contributed by atoms with Crippen LogP contribution in [0.25, 0.3) is 0 Å². The van der Waals surface area contributed by atoms with Crippen LogP contribution in [0.1, 0.15) is 21.4 Å². The molecular formula is C21H30N4O2S. The fourth-order valence-corrected chi connectivity index (χ4v) is 4.33. The molecule has 0 saturated carbocycles. The van der Waals surface area contributed by atoms with Gasteiger partial charge in [0.15, 0.2) is 5.96 Å². The highest BCUT2D eigenvalue weighted by Gasteiger charge is 2.24. The van der Waals surface area contributed by atoms with E-state index in [0.717, 1.165) is 50.1 Å². The molecule has 0 aliphatic carbocycles. The standard InChI is InChI=1S/C21H30N4O2S/c1-16-7-8-20(28-16)19(25-9-11-27-12-10-25)15-24-21(22-2)23-14-17-5-4-6-18(13-17)26-3/h4-8,13,19H,9-12,14-15H2,1-3H3,(H2,22,23,24). The van der Waals surface area contributed by atoms with Crippen LogP contribution in [0.3, 0.4) is 0 Å². The molecule has 1 unspecified atom stereocenters. The molecule has 0 amide bonds. The Morgan fingerprint density at radius 3 is 2.75 bits per heavy atom. The average molecular weight is 403 g/mol. The summed E-state index contributed by atoms with van der Waals surface area (Å²) in [5.41, 5.74) is 1.15. The molecule has 0 bridgehead atoms. The molecule has 1 aromatic carbocycles. The fourth-order valence-electron chi connectivity index (χ4n) is 3.31. The van der Waals surface area contributed by atoms with Crippen molar-refractivity contribution in [1.82, 2.24) is 15.5 Å². The number of hydrogen-bond donors (Lipinski definition) is 2. The number of methoxy groups -OCH3 is 1. The Bertz CT molecular complexity index is 771. The summed E-state index contributed by atoms with van der Waals surface area (Å²) in [6.45, 7) is 7.16. The lowest BCUT2D eigenvalue weighted by Crippen LogP contribution is -2.46. The van der Waals surface area contributed by atoms with Gasteiger partial charge < -0.3 is 20.1 Å². The van der Waals surface area contributed by atoms with Gasteiger partial charge in [-0.1, -0.05) is 12.1 Å². The molecule has 2 heterocycles. The Labute approximate surface area is 171 Å². The third-order valence-corrected chi connectivity index (χ3v) is 5.96. The Kier molecular flexibility index (Phi) is 7.71. The van der Waals surface area contributed by atoms with E-state index in [0.29, 0.717) is 12.6 Å². The maximum atomic E-state index is 5.54. The zero-order valence-electron chi connectivity index (χ0n) is 16.9. The van der Waals surface area contributed by atoms with E-state index < -0.39 is 0 Å². The number of morpholine rings is 1. The predicted octanol–water partition coefficient (Wildman–Crippen LogP) is 2.80. The van der Waals surface area contributed by atoms with Gasteiger partial charge >= 0.3 is 0 Å². The molecule has 1 aliphatic rings. The van der Waals surface area contributed by atoms with Crippen LogP contribution in [0, 0.1) is 6.92 Å². The number of hydrogen-bond acceptors (Lipinski definition) is 5. The van der Waals surface area contributed by atoms with E-state index in [4.69, 9.17) is 9.47 Å². The summed E-state index contributed by atoms with van der Waals surface area (Å²) in [5, 5.41) is 6.90. The number of thiophene rings is 1. The van der Waals surface area contributed by atoms with Crippen LogP contribution in [-0.2, 0) is 11.3 Å². The normalized spacial score (nSPS) is 16.6. The summed E-state index contributed by atoms with van der Waals surface area (Å²) in [4.78, 5) is 9.61. The molecule has 2 aromatic rings. The largest absolute Gasteiger partial charge is 0.497 e. The molecule has 1 atom stereocenters. The van der Waals surface area contributed by atoms with Gasteiger partial charge in [0.05, 0.1) is 26.4 Å². The van der Waals surface area contributed by atoms with E-state index in [9.17, 15) is 0 Å². The van der Waals surface area contributed by atoms with Crippen LogP contribution in [0.4, 0.5) is 0 Å². The van der Waals surface area contributed by atoms with Crippen molar-refractivity contribution in [2.24, 2.45) is 4.99 Å². The number of aryl methyl sites for hydroxylation is 1. The lowest BCUT2D eigenvalue weighted by atomic mass is 10.2. The number of benzene rings is 1. The first-order valence-electron chi connectivity index (χ1n) is 9.65. The maximum Gasteiger partial charge on any atom is 0.191 e. The zero-order valence-corrected chi connectivity index (χ0v) is 17.7. The smallest absolute Gasteiger partial charge is 0.191 e. The van der Waals surface area contributed by atoms with Gasteiger partial charge in [-0.15, -0.1) is 11.3 Å². The summed E-state index contributed by atoms with van der Waals surface area (Å²) < 4.78 is 10.8. The number of rotatable bonds is 7. The van der Waals surface area contributed by atoms with Crippen LogP contribution in [0.15, 0.2) is 41.4 Å². The maximum absolute atomic E-state index is 5.54. The SMILES string of the molecule is CN=C(NCc1cccc(OC)c1)NCC(c1ccc(C)s1)N1CCOCC1. The molecule has 1 saturated heterocycles. The monoisotopic (exact) mass is 402 g/mol. The van der Waals surface area contributed by atoms with Crippen molar-refractivity contribution in [3.8, 4) is 5.75 Å². The lowest BCUT2D eigenvalue weighted by molar-refractivity contribution is 0.0177. The Hall–Kier alpha value is -2.09. The molecule has 6 nitrogen and oxygen atoms in total. The van der Waals surface area contributed by atoms with Gasteiger partial charge in [0.2, 0.25) is 0 Å². The van der Waals surface area contributed by atoms with Crippen LogP contribution in [0.2, 0.25) is 0 Å². The van der Waals surface area contributed by atoms with E-state index in [1.165, 1.54) is 9.75 Å². The summed E-state index contributed by atoms with van der Waals surface area (Å²) in [5.74, 6) is 1.66. The minimum Gasteiger partial charge on any atom is -0.497 e. The molecule has 2 N–H and O–H groups in total. The van der Waals surface area contributed by atoms with E-state index in [2.05, 4.69) is 45.6 Å². The predicted molar refractivity (Wildman–Crippen MR) is 115 cm³/mol. The second-order valence-electron chi connectivity index (χ2n) is 6.77. The van der Waals surface area contributed by atoms with Crippen molar-refractivity contribution in [3.63, 3.8) is 0 Å². The van der Waals surface area contributed by atoms with Gasteiger partial charge in [0.25, 0.3) is 0 Å². The number of ether oxygens (including phenoxy) is 2. The van der Waals surface area contributed by atoms with Crippen molar-refractivity contribution in [3.05, 3.63) is 51.7 Å². The molecule has 152 valence electrons. The summed E-state index contributed by atoms with van der Waals surface area (Å²) in [7, 11) is 3.49. The highest BCUT2D eigenvalue weighted by atomic mass is 32.1. The van der Waals surface area contributed by atoms with Crippen molar-refractivity contribution in [2.75, 3.05) is 47.0 Å². The first-order chi connectivity index (χ1) is 13.7. The van der Waals surface area contributed by atoms with Crippen LogP contribution >= 0.6 is 11.3 Å². The number of guanidine groups is 1. The number of aliphatic imine (C=N–C) groups is 1. The topological polar surface area (TPSA) is 58.1 Å². The van der Waals surface area contributed by atoms with Crippen molar-refractivity contribution in [2.45, 2.75) is 19.5 Å². The van der Waals surface area contributed by atoms with E-state index >= 15 is 0 Å². The van der Waals surface area contributed by atoms with Gasteiger partial charge in [0, 0.05) is 43.0 Å². The Balaban J connectivity index is 1.60. The lowest BCUT2D eigenvalue weighted by Gasteiger charge is -2.34. The van der Waals surface area contributed by atoms with Crippen LogP contribution < -0.4 is 15.4 Å². The molecule has 1 aliphatic heterocycles. The zero-order chi connectivity index (χ0) is 19.8. The van der Waals surface area contributed by atoms with Crippen LogP contribution in [-0.4, -0.2) is 57.9 Å². The first kappa shape index (κ1) is 20.6. The highest BCUT2D eigenvalue weighted by Crippen LogP contribution is 2.27. The summed E-state index contributed by atoms with van der Waals surface area (Å²) >= 11 is 1.87. The Morgan fingerprint density at radius 1 is 1.25 bits per heavy atom. The van der Waals surface area contributed by atoms with Crippen molar-refractivity contribution >= 4 is 17.3 Å². The number of nitrogens with zero attached hydrogens (tertiary/aromatic N) is 2. The highest BCUT2D eigenvalue weighted by molar-refractivity contribution is 7.12. The van der Waals surface area contributed by atoms with Gasteiger partial charge in [-0.2, -0.15) is 0 Å². The molecule has 0 radical (unpaired) electrons. The molecule has 7 heteroatoms. The van der Waals surface area contributed by atoms with E-state index in [-0.39, 0.29) is 0 Å². The van der Waals surface area contributed by atoms with Crippen molar-refractivity contribution < 1.29 is 9.47 Å². The molecule has 28 heavy (non-hydrogen) atoms. The third kappa shape index (κ3) is 5.70. The van der Waals surface area contributed by atoms with Gasteiger partial charge in [-0.05, 0) is 36.8 Å². The fraction of sp³-hybridized carbons (Fsp3) is 0.476. The second-order valence-corrected chi connectivity index (χ2v) is 8.09. The number of nitrogens with one attached hydrogen (secondary N) is 2. The first-order valence-corrected chi connectivity index (χ1v) is 10.5. The summed E-state index contributed by atoms with van der Waals surface area (Å²) in [6, 6.07) is 12.8. The molecular weight excluding hydrogens is 372 g/mol. The second kappa shape index (κ2) is 10.5. The minimum absolute atomic E-state index is 0.318. The minimum atomic E-state index is 0.318. The van der Waals surface area contributed by atoms with E-state index in [1.807, 2.05) is 29.5 Å². The molecule has 3 rings (SSSR count). The summed E-state index contributed by atoms with van der Waals surface area (Å²) in [6.07, 6.45) is 0. The quantitative estimate of drug-likeness (QED) is 0.551. The van der Waals surface area contributed by atoms with Gasteiger partial charge in [-0.25, -0.2) is 0 Å². The van der Waals surface area contributed by atoms with Gasteiger partial charge in [0.1, 0.15) is 5.75 Å². The van der Waals surface area contributed by atoms with Crippen LogP contribution in [0.5, 0.6) is 5.75 Å². The van der Waals surface area contributed by atoms with Gasteiger partial charge in [-0.3, -0.25) is 9.89 Å². The molecule has 1 aromatic heterocycles. The van der Waals surface area contributed by atoms with Crippen molar-refractivity contribution in [1.29, 1.82) is 0 Å².